The Labute approximate surface area is 98.2 Å². The van der Waals surface area contributed by atoms with Crippen LogP contribution in [0.4, 0.5) is 0 Å². The van der Waals surface area contributed by atoms with E-state index in [4.69, 9.17) is 5.11 Å². The van der Waals surface area contributed by atoms with Crippen LogP contribution >= 0.6 is 0 Å². The standard InChI is InChI=1S/C7H14O5S3/c1-13(10)5(7(8)9)4-6(14(2)11)15(3)12/h5-6H,4H2,1-3H3,(H,8,9)/t5-,6?,13?,14?,15?/m0/s1. The summed E-state index contributed by atoms with van der Waals surface area (Å²) in [6, 6.07) is 0. The van der Waals surface area contributed by atoms with Gasteiger partial charge in [0.25, 0.3) is 4.58 Å². The van der Waals surface area contributed by atoms with E-state index < -0.39 is 49.3 Å². The van der Waals surface area contributed by atoms with Crippen molar-refractivity contribution in [3.05, 3.63) is 0 Å². The van der Waals surface area contributed by atoms with Crippen LogP contribution in [-0.4, -0.2) is 53.3 Å². The lowest BCUT2D eigenvalue weighted by atomic mass is 10.3. The minimum Gasteiger partial charge on any atom is -0.616 e. The van der Waals surface area contributed by atoms with Crippen LogP contribution in [0.1, 0.15) is 6.42 Å². The normalized spacial score (nSPS) is 21.5. The fourth-order valence-corrected chi connectivity index (χ4v) is 4.46. The van der Waals surface area contributed by atoms with Gasteiger partial charge in [0.15, 0.2) is 0 Å². The van der Waals surface area contributed by atoms with Crippen molar-refractivity contribution in [2.75, 3.05) is 18.8 Å². The summed E-state index contributed by atoms with van der Waals surface area (Å²) in [6.07, 6.45) is 3.91. The molecule has 0 rings (SSSR count). The predicted molar refractivity (Wildman–Crippen MR) is 62.0 cm³/mol. The SMILES string of the molecule is C[S+]([O-])C(C[C@@H](C(=O)O)[S+](C)[O-])[S+](C)[O-]. The van der Waals surface area contributed by atoms with Crippen molar-refractivity contribution >= 4 is 39.5 Å². The van der Waals surface area contributed by atoms with Gasteiger partial charge in [-0.05, 0) is 33.5 Å². The van der Waals surface area contributed by atoms with Gasteiger partial charge in [0, 0.05) is 0 Å². The largest absolute Gasteiger partial charge is 0.616 e. The van der Waals surface area contributed by atoms with Crippen molar-refractivity contribution in [3.63, 3.8) is 0 Å². The summed E-state index contributed by atoms with van der Waals surface area (Å²) in [5.41, 5.74) is 0. The van der Waals surface area contributed by atoms with Crippen molar-refractivity contribution in [3.8, 4) is 0 Å². The molecule has 0 aromatic heterocycles. The third-order valence-electron chi connectivity index (χ3n) is 1.82. The molecule has 0 spiro atoms. The first-order chi connectivity index (χ1) is 6.77. The monoisotopic (exact) mass is 274 g/mol. The van der Waals surface area contributed by atoms with Crippen molar-refractivity contribution < 1.29 is 23.6 Å². The number of carbonyl (C=O) groups is 1. The van der Waals surface area contributed by atoms with Crippen molar-refractivity contribution in [2.45, 2.75) is 16.3 Å². The van der Waals surface area contributed by atoms with Crippen LogP contribution in [0.15, 0.2) is 0 Å². The number of carboxylic acid groups (broad SMARTS) is 1. The van der Waals surface area contributed by atoms with Crippen molar-refractivity contribution in [1.82, 2.24) is 0 Å². The van der Waals surface area contributed by atoms with Crippen LogP contribution in [-0.2, 0) is 38.3 Å². The van der Waals surface area contributed by atoms with Gasteiger partial charge in [-0.3, -0.25) is 0 Å². The summed E-state index contributed by atoms with van der Waals surface area (Å²) in [5.74, 6) is -1.21. The average molecular weight is 274 g/mol. The van der Waals surface area contributed by atoms with E-state index in [9.17, 15) is 18.5 Å². The molecule has 0 aliphatic carbocycles. The molecule has 0 aromatic rings. The maximum atomic E-state index is 11.2. The Kier molecular flexibility index (Phi) is 7.05. The summed E-state index contributed by atoms with van der Waals surface area (Å²) in [4.78, 5) is 10.7. The van der Waals surface area contributed by atoms with Gasteiger partial charge in [-0.25, -0.2) is 4.79 Å². The zero-order valence-electron chi connectivity index (χ0n) is 8.67. The van der Waals surface area contributed by atoms with Gasteiger partial charge < -0.3 is 18.8 Å². The van der Waals surface area contributed by atoms with Crippen LogP contribution in [0.2, 0.25) is 0 Å². The number of aliphatic carboxylic acids is 1. The van der Waals surface area contributed by atoms with E-state index in [2.05, 4.69) is 0 Å². The molecule has 0 heterocycles. The van der Waals surface area contributed by atoms with E-state index in [1.165, 1.54) is 18.8 Å². The third-order valence-corrected chi connectivity index (χ3v) is 6.51. The average Bonchev–Trinajstić information content (AvgIpc) is 2.01. The Hall–Kier alpha value is 0.400. The van der Waals surface area contributed by atoms with E-state index >= 15 is 0 Å². The molecule has 0 aliphatic heterocycles. The molecule has 1 N–H and O–H groups in total. The Morgan fingerprint density at radius 1 is 1.13 bits per heavy atom. The van der Waals surface area contributed by atoms with Gasteiger partial charge in [0.05, 0.1) is 18.8 Å². The van der Waals surface area contributed by atoms with E-state index in [1.54, 1.807) is 0 Å². The lowest BCUT2D eigenvalue weighted by Crippen LogP contribution is -2.39. The van der Waals surface area contributed by atoms with Crippen LogP contribution in [0.5, 0.6) is 0 Å². The number of carboxylic acids is 1. The molecule has 8 heteroatoms. The molecule has 15 heavy (non-hydrogen) atoms. The summed E-state index contributed by atoms with van der Waals surface area (Å²) in [7, 11) is 0. The second kappa shape index (κ2) is 6.87. The molecule has 0 saturated heterocycles. The van der Waals surface area contributed by atoms with Gasteiger partial charge in [-0.15, -0.1) is 0 Å². The van der Waals surface area contributed by atoms with Gasteiger partial charge in [-0.2, -0.15) is 0 Å². The predicted octanol–water partition coefficient (Wildman–Crippen LogP) is -0.709. The van der Waals surface area contributed by atoms with Crippen molar-refractivity contribution in [2.24, 2.45) is 0 Å². The summed E-state index contributed by atoms with van der Waals surface area (Å²) in [5, 5.41) is 7.66. The zero-order valence-corrected chi connectivity index (χ0v) is 11.1. The zero-order chi connectivity index (χ0) is 12.2. The van der Waals surface area contributed by atoms with Crippen LogP contribution in [0.25, 0.3) is 0 Å². The highest BCUT2D eigenvalue weighted by Crippen LogP contribution is 2.18. The first-order valence-electron chi connectivity index (χ1n) is 3.96. The minimum atomic E-state index is -1.56. The van der Waals surface area contributed by atoms with Gasteiger partial charge in [0.2, 0.25) is 5.25 Å². The topological polar surface area (TPSA) is 106 Å². The molecule has 0 fully saturated rings. The Bertz CT molecular complexity index is 201. The smallest absolute Gasteiger partial charge is 0.357 e. The third kappa shape index (κ3) is 5.32. The van der Waals surface area contributed by atoms with E-state index in [1.807, 2.05) is 0 Å². The highest BCUT2D eigenvalue weighted by atomic mass is 32.3. The highest BCUT2D eigenvalue weighted by Gasteiger charge is 2.39. The lowest BCUT2D eigenvalue weighted by Gasteiger charge is -2.22. The molecular formula is C7H14O5S3. The molecule has 90 valence electrons. The molecule has 0 amide bonds. The molecule has 0 radical (unpaired) electrons. The fraction of sp³-hybridized carbons (Fsp3) is 0.857. The molecule has 0 saturated carbocycles. The van der Waals surface area contributed by atoms with E-state index in [0.717, 1.165) is 0 Å². The number of hydrogen-bond donors (Lipinski definition) is 1. The highest BCUT2D eigenvalue weighted by molar-refractivity contribution is 8.08. The van der Waals surface area contributed by atoms with Crippen LogP contribution in [0, 0.1) is 0 Å². The maximum absolute atomic E-state index is 11.2. The molecular weight excluding hydrogens is 260 g/mol. The quantitative estimate of drug-likeness (QED) is 0.644. The molecule has 5 nitrogen and oxygen atoms in total. The fourth-order valence-electron chi connectivity index (χ4n) is 1.01. The summed E-state index contributed by atoms with van der Waals surface area (Å²) in [6.45, 7) is 0. The van der Waals surface area contributed by atoms with Gasteiger partial charge in [0.1, 0.15) is 6.42 Å². The number of hydrogen-bond acceptors (Lipinski definition) is 4. The Balaban J connectivity index is 4.55. The minimum absolute atomic E-state index is 0.0926. The second-order valence-electron chi connectivity index (χ2n) is 2.99. The van der Waals surface area contributed by atoms with E-state index in [-0.39, 0.29) is 6.42 Å². The summed E-state index contributed by atoms with van der Waals surface area (Å²) >= 11 is -4.33. The van der Waals surface area contributed by atoms with Gasteiger partial charge in [-0.1, -0.05) is 0 Å². The first-order valence-corrected chi connectivity index (χ1v) is 8.83. The summed E-state index contributed by atoms with van der Waals surface area (Å²) < 4.78 is 32.7. The van der Waals surface area contributed by atoms with Crippen molar-refractivity contribution in [1.29, 1.82) is 0 Å². The first kappa shape index (κ1) is 15.4. The Morgan fingerprint density at radius 2 is 1.53 bits per heavy atom. The Morgan fingerprint density at radius 3 is 1.73 bits per heavy atom. The van der Waals surface area contributed by atoms with Crippen LogP contribution in [0.3, 0.4) is 0 Å². The molecule has 0 aromatic carbocycles. The lowest BCUT2D eigenvalue weighted by molar-refractivity contribution is -0.136. The molecule has 0 aliphatic rings. The van der Waals surface area contributed by atoms with Crippen LogP contribution < -0.4 is 0 Å². The molecule has 3 unspecified atom stereocenters. The molecule has 4 atom stereocenters. The van der Waals surface area contributed by atoms with Gasteiger partial charge >= 0.3 is 5.97 Å². The number of rotatable bonds is 6. The van der Waals surface area contributed by atoms with E-state index in [0.29, 0.717) is 0 Å². The second-order valence-corrected chi connectivity index (χ2v) is 7.98. The maximum Gasteiger partial charge on any atom is 0.357 e. The molecule has 0 bridgehead atoms.